The maximum atomic E-state index is 12.7. The van der Waals surface area contributed by atoms with Gasteiger partial charge in [-0.15, -0.1) is 0 Å². The van der Waals surface area contributed by atoms with Crippen molar-refractivity contribution in [3.05, 3.63) is 52.7 Å². The first-order valence-electron chi connectivity index (χ1n) is 8.16. The van der Waals surface area contributed by atoms with Gasteiger partial charge in [-0.1, -0.05) is 12.1 Å². The molecule has 0 atom stereocenters. The highest BCUT2D eigenvalue weighted by molar-refractivity contribution is 5.94. The van der Waals surface area contributed by atoms with Crippen LogP contribution >= 0.6 is 0 Å². The molecule has 150 valence electrons. The van der Waals surface area contributed by atoms with E-state index < -0.39 is 36.3 Å². The summed E-state index contributed by atoms with van der Waals surface area (Å²) in [5.41, 5.74) is -0.503. The van der Waals surface area contributed by atoms with Gasteiger partial charge >= 0.3 is 24.1 Å². The number of nitrogens with one attached hydrogen (secondary N) is 2. The zero-order valence-electron chi connectivity index (χ0n) is 14.8. The van der Waals surface area contributed by atoms with Crippen LogP contribution in [-0.2, 0) is 25.2 Å². The summed E-state index contributed by atoms with van der Waals surface area (Å²) in [5.74, 6) is -1.53. The Kier molecular flexibility index (Phi) is 6.80. The maximum Gasteiger partial charge on any atom is 0.416 e. The number of halogens is 3. The minimum atomic E-state index is -4.49. The normalized spacial score (nSPS) is 14.5. The van der Waals surface area contributed by atoms with Crippen molar-refractivity contribution in [2.45, 2.75) is 13.1 Å². The number of rotatable bonds is 6. The minimum absolute atomic E-state index is 0.0722. The van der Waals surface area contributed by atoms with Gasteiger partial charge in [0.15, 0.2) is 0 Å². The monoisotopic (exact) mass is 398 g/mol. The first-order chi connectivity index (χ1) is 13.2. The van der Waals surface area contributed by atoms with E-state index in [2.05, 4.69) is 10.6 Å². The Morgan fingerprint density at radius 3 is 2.68 bits per heavy atom. The van der Waals surface area contributed by atoms with E-state index in [1.807, 2.05) is 0 Å². The number of hydrogen-bond donors (Lipinski definition) is 2. The van der Waals surface area contributed by atoms with Crippen molar-refractivity contribution in [3.63, 3.8) is 0 Å². The molecule has 0 bridgehead atoms. The quantitative estimate of drug-likeness (QED) is 0.567. The number of alkyl halides is 3. The molecule has 0 aliphatic carbocycles. The number of carbonyl (C=O) groups is 3. The summed E-state index contributed by atoms with van der Waals surface area (Å²) in [4.78, 5) is 35.1. The summed E-state index contributed by atoms with van der Waals surface area (Å²) < 4.78 is 47.9. The van der Waals surface area contributed by atoms with E-state index in [0.29, 0.717) is 0 Å². The minimum Gasteiger partial charge on any atom is -0.463 e. The number of esters is 2. The van der Waals surface area contributed by atoms with E-state index in [0.717, 1.165) is 18.2 Å². The van der Waals surface area contributed by atoms with Gasteiger partial charge < -0.3 is 20.1 Å². The lowest BCUT2D eigenvalue weighted by atomic mass is 10.1. The van der Waals surface area contributed by atoms with Gasteiger partial charge in [0.25, 0.3) is 0 Å². The highest BCUT2D eigenvalue weighted by Crippen LogP contribution is 2.29. The lowest BCUT2D eigenvalue weighted by Gasteiger charge is -2.20. The van der Waals surface area contributed by atoms with Crippen molar-refractivity contribution in [1.82, 2.24) is 10.6 Å². The molecule has 2 amide bonds. The summed E-state index contributed by atoms with van der Waals surface area (Å²) in [6.07, 6.45) is -2.38. The molecule has 0 aromatic heterocycles. The molecular formula is C18H17F3N2O5. The molecule has 0 spiro atoms. The van der Waals surface area contributed by atoms with Crippen molar-refractivity contribution >= 4 is 24.0 Å². The van der Waals surface area contributed by atoms with E-state index >= 15 is 0 Å². The smallest absolute Gasteiger partial charge is 0.416 e. The SMILES string of the molecule is CCOC(=O)C1=C(COC(=O)/C=C/c2cccc(C(F)(F)F)c2)NC(=O)NC1. The largest absolute Gasteiger partial charge is 0.463 e. The zero-order chi connectivity index (χ0) is 20.7. The van der Waals surface area contributed by atoms with E-state index in [4.69, 9.17) is 9.47 Å². The van der Waals surface area contributed by atoms with Gasteiger partial charge in [-0.25, -0.2) is 14.4 Å². The summed E-state index contributed by atoms with van der Waals surface area (Å²) in [6.45, 7) is 1.25. The van der Waals surface area contributed by atoms with Crippen molar-refractivity contribution < 1.29 is 37.0 Å². The molecule has 2 N–H and O–H groups in total. The molecular weight excluding hydrogens is 381 g/mol. The standard InChI is InChI=1S/C18H17F3N2O5/c1-2-27-16(25)13-9-22-17(26)23-14(13)10-28-15(24)7-6-11-4-3-5-12(8-11)18(19,20)21/h3-8H,2,9-10H2,1H3,(H2,22,23,26)/b7-6+. The summed E-state index contributed by atoms with van der Waals surface area (Å²) >= 11 is 0. The van der Waals surface area contributed by atoms with E-state index in [1.54, 1.807) is 6.92 Å². The predicted octanol–water partition coefficient (Wildman–Crippen LogP) is 2.39. The third kappa shape index (κ3) is 5.86. The Labute approximate surface area is 158 Å². The Balaban J connectivity index is 2.03. The van der Waals surface area contributed by atoms with Crippen LogP contribution in [0.5, 0.6) is 0 Å². The van der Waals surface area contributed by atoms with E-state index in [1.165, 1.54) is 18.2 Å². The van der Waals surface area contributed by atoms with Gasteiger partial charge in [-0.3, -0.25) is 0 Å². The number of benzene rings is 1. The van der Waals surface area contributed by atoms with Crippen LogP contribution in [0.1, 0.15) is 18.1 Å². The molecule has 1 aliphatic rings. The van der Waals surface area contributed by atoms with Gasteiger partial charge in [0.05, 0.1) is 30.0 Å². The molecule has 1 heterocycles. The number of hydrogen-bond acceptors (Lipinski definition) is 5. The molecule has 28 heavy (non-hydrogen) atoms. The van der Waals surface area contributed by atoms with Crippen LogP contribution in [0.25, 0.3) is 6.08 Å². The molecule has 1 aromatic rings. The first kappa shape index (κ1) is 21.0. The number of amides is 2. The van der Waals surface area contributed by atoms with Crippen molar-refractivity contribution in [2.75, 3.05) is 19.8 Å². The third-order valence-corrected chi connectivity index (χ3v) is 3.56. The van der Waals surface area contributed by atoms with Crippen molar-refractivity contribution in [1.29, 1.82) is 0 Å². The van der Waals surface area contributed by atoms with Crippen LogP contribution in [0.15, 0.2) is 41.6 Å². The lowest BCUT2D eigenvalue weighted by molar-refractivity contribution is -0.140. The van der Waals surface area contributed by atoms with Crippen LogP contribution in [0.3, 0.4) is 0 Å². The predicted molar refractivity (Wildman–Crippen MR) is 91.6 cm³/mol. The second-order valence-electron chi connectivity index (χ2n) is 5.55. The zero-order valence-corrected chi connectivity index (χ0v) is 14.8. The van der Waals surface area contributed by atoms with E-state index in [9.17, 15) is 27.6 Å². The van der Waals surface area contributed by atoms with Gasteiger partial charge in [0.2, 0.25) is 0 Å². The van der Waals surface area contributed by atoms with Crippen LogP contribution < -0.4 is 10.6 Å². The second kappa shape index (κ2) is 9.07. The summed E-state index contributed by atoms with van der Waals surface area (Å²) in [7, 11) is 0. The Morgan fingerprint density at radius 2 is 2.00 bits per heavy atom. The fourth-order valence-electron chi connectivity index (χ4n) is 2.24. The molecule has 0 saturated heterocycles. The lowest BCUT2D eigenvalue weighted by Crippen LogP contribution is -2.45. The highest BCUT2D eigenvalue weighted by Gasteiger charge is 2.30. The summed E-state index contributed by atoms with van der Waals surface area (Å²) in [5, 5.41) is 4.76. The molecule has 7 nitrogen and oxygen atoms in total. The fourth-order valence-corrected chi connectivity index (χ4v) is 2.24. The second-order valence-corrected chi connectivity index (χ2v) is 5.55. The van der Waals surface area contributed by atoms with Gasteiger partial charge in [-0.05, 0) is 30.7 Å². The molecule has 0 saturated carbocycles. The number of ether oxygens (including phenoxy) is 2. The highest BCUT2D eigenvalue weighted by atomic mass is 19.4. The molecule has 2 rings (SSSR count). The van der Waals surface area contributed by atoms with E-state index in [-0.39, 0.29) is 30.0 Å². The average Bonchev–Trinajstić information content (AvgIpc) is 2.64. The molecule has 10 heteroatoms. The topological polar surface area (TPSA) is 93.7 Å². The first-order valence-corrected chi connectivity index (χ1v) is 8.16. The molecule has 0 fully saturated rings. The van der Waals surface area contributed by atoms with Gasteiger partial charge in [0.1, 0.15) is 6.61 Å². The van der Waals surface area contributed by atoms with Crippen LogP contribution in [-0.4, -0.2) is 37.7 Å². The maximum absolute atomic E-state index is 12.7. The summed E-state index contributed by atoms with van der Waals surface area (Å²) in [6, 6.07) is 3.85. The Morgan fingerprint density at radius 1 is 1.25 bits per heavy atom. The van der Waals surface area contributed by atoms with Crippen molar-refractivity contribution in [2.24, 2.45) is 0 Å². The number of urea groups is 1. The van der Waals surface area contributed by atoms with Crippen LogP contribution in [0, 0.1) is 0 Å². The van der Waals surface area contributed by atoms with Gasteiger partial charge in [0, 0.05) is 6.08 Å². The Bertz CT molecular complexity index is 831. The van der Waals surface area contributed by atoms with Crippen LogP contribution in [0.4, 0.5) is 18.0 Å². The fraction of sp³-hybridized carbons (Fsp3) is 0.278. The third-order valence-electron chi connectivity index (χ3n) is 3.56. The average molecular weight is 398 g/mol. The van der Waals surface area contributed by atoms with Gasteiger partial charge in [-0.2, -0.15) is 13.2 Å². The molecule has 0 unspecified atom stereocenters. The van der Waals surface area contributed by atoms with Crippen molar-refractivity contribution in [3.8, 4) is 0 Å². The molecule has 0 radical (unpaired) electrons. The molecule has 1 aromatic carbocycles. The number of carbonyl (C=O) groups excluding carboxylic acids is 3. The Hall–Kier alpha value is -3.30. The molecule has 1 aliphatic heterocycles. The van der Waals surface area contributed by atoms with Crippen LogP contribution in [0.2, 0.25) is 0 Å².